The molecule has 2 atom stereocenters. The Morgan fingerprint density at radius 1 is 1.41 bits per heavy atom. The summed E-state index contributed by atoms with van der Waals surface area (Å²) in [6, 6.07) is 6.95. The standard InChI is InChI=1S/C14H20FNO/c1-11(13-7-2-3-8-14(13)15)16-10-12-6-4-5-9-17-12/h2-3,7-8,11-12,16H,4-6,9-10H2,1H3/t11-,12?/m1/s1. The van der Waals surface area contributed by atoms with E-state index in [1.54, 1.807) is 6.07 Å². The lowest BCUT2D eigenvalue weighted by Gasteiger charge is -2.25. The second-order valence-corrected chi connectivity index (χ2v) is 4.64. The van der Waals surface area contributed by atoms with Gasteiger partial charge < -0.3 is 10.1 Å². The quantitative estimate of drug-likeness (QED) is 0.869. The van der Waals surface area contributed by atoms with Crippen molar-refractivity contribution in [3.8, 4) is 0 Å². The van der Waals surface area contributed by atoms with Crippen LogP contribution in [0.5, 0.6) is 0 Å². The Kier molecular flexibility index (Phi) is 4.51. The molecular formula is C14H20FNO. The van der Waals surface area contributed by atoms with Crippen molar-refractivity contribution in [1.82, 2.24) is 5.32 Å². The number of hydrogen-bond acceptors (Lipinski definition) is 2. The first-order valence-electron chi connectivity index (χ1n) is 6.37. The lowest BCUT2D eigenvalue weighted by molar-refractivity contribution is 0.0156. The maximum atomic E-state index is 13.5. The Labute approximate surface area is 102 Å². The van der Waals surface area contributed by atoms with Gasteiger partial charge in [-0.1, -0.05) is 18.2 Å². The molecule has 1 aliphatic rings. The van der Waals surface area contributed by atoms with E-state index in [9.17, 15) is 4.39 Å². The molecule has 0 saturated carbocycles. The van der Waals surface area contributed by atoms with Crippen molar-refractivity contribution in [2.75, 3.05) is 13.2 Å². The average molecular weight is 237 g/mol. The Bertz CT molecular complexity index is 350. The molecule has 2 rings (SSSR count). The molecular weight excluding hydrogens is 217 g/mol. The lowest BCUT2D eigenvalue weighted by atomic mass is 10.1. The van der Waals surface area contributed by atoms with Crippen LogP contribution in [-0.4, -0.2) is 19.3 Å². The smallest absolute Gasteiger partial charge is 0.127 e. The Balaban J connectivity index is 1.84. The predicted octanol–water partition coefficient (Wildman–Crippen LogP) is 3.05. The molecule has 94 valence electrons. The molecule has 0 radical (unpaired) electrons. The summed E-state index contributed by atoms with van der Waals surface area (Å²) >= 11 is 0. The Morgan fingerprint density at radius 2 is 2.24 bits per heavy atom. The van der Waals surface area contributed by atoms with Gasteiger partial charge in [0, 0.05) is 24.8 Å². The van der Waals surface area contributed by atoms with Crippen LogP contribution in [0.3, 0.4) is 0 Å². The molecule has 1 aromatic carbocycles. The molecule has 3 heteroatoms. The van der Waals surface area contributed by atoms with E-state index in [-0.39, 0.29) is 18.0 Å². The van der Waals surface area contributed by atoms with Crippen molar-refractivity contribution < 1.29 is 9.13 Å². The topological polar surface area (TPSA) is 21.3 Å². The van der Waals surface area contributed by atoms with E-state index in [0.29, 0.717) is 0 Å². The molecule has 1 saturated heterocycles. The van der Waals surface area contributed by atoms with Crippen LogP contribution in [0.4, 0.5) is 4.39 Å². The third-order valence-electron chi connectivity index (χ3n) is 3.30. The number of hydrogen-bond donors (Lipinski definition) is 1. The molecule has 0 spiro atoms. The summed E-state index contributed by atoms with van der Waals surface area (Å²) in [6.07, 6.45) is 3.80. The largest absolute Gasteiger partial charge is 0.377 e. The van der Waals surface area contributed by atoms with Crippen molar-refractivity contribution in [3.05, 3.63) is 35.6 Å². The summed E-state index contributed by atoms with van der Waals surface area (Å²) in [5.41, 5.74) is 0.725. The summed E-state index contributed by atoms with van der Waals surface area (Å²) in [5, 5.41) is 3.34. The van der Waals surface area contributed by atoms with Gasteiger partial charge in [0.1, 0.15) is 5.82 Å². The van der Waals surface area contributed by atoms with E-state index in [4.69, 9.17) is 4.74 Å². The monoisotopic (exact) mass is 237 g/mol. The molecule has 1 fully saturated rings. The van der Waals surface area contributed by atoms with Crippen molar-refractivity contribution >= 4 is 0 Å². The maximum Gasteiger partial charge on any atom is 0.127 e. The van der Waals surface area contributed by atoms with Crippen molar-refractivity contribution in [2.45, 2.75) is 38.3 Å². The van der Waals surface area contributed by atoms with Crippen molar-refractivity contribution in [2.24, 2.45) is 0 Å². The molecule has 0 aromatic heterocycles. The molecule has 1 heterocycles. The highest BCUT2D eigenvalue weighted by Gasteiger charge is 2.16. The molecule has 1 aliphatic heterocycles. The van der Waals surface area contributed by atoms with E-state index in [0.717, 1.165) is 25.1 Å². The minimum atomic E-state index is -0.142. The van der Waals surface area contributed by atoms with Gasteiger partial charge in [0.25, 0.3) is 0 Å². The Hall–Kier alpha value is -0.930. The molecule has 0 aliphatic carbocycles. The predicted molar refractivity (Wildman–Crippen MR) is 66.4 cm³/mol. The maximum absolute atomic E-state index is 13.5. The molecule has 1 N–H and O–H groups in total. The molecule has 0 amide bonds. The third-order valence-corrected chi connectivity index (χ3v) is 3.30. The highest BCUT2D eigenvalue weighted by atomic mass is 19.1. The van der Waals surface area contributed by atoms with Crippen LogP contribution in [0.15, 0.2) is 24.3 Å². The molecule has 2 nitrogen and oxygen atoms in total. The lowest BCUT2D eigenvalue weighted by Crippen LogP contribution is -2.33. The van der Waals surface area contributed by atoms with Crippen molar-refractivity contribution in [3.63, 3.8) is 0 Å². The normalized spacial score (nSPS) is 22.4. The summed E-state index contributed by atoms with van der Waals surface area (Å²) in [7, 11) is 0. The van der Waals surface area contributed by atoms with Crippen LogP contribution in [0.25, 0.3) is 0 Å². The fourth-order valence-corrected chi connectivity index (χ4v) is 2.21. The van der Waals surface area contributed by atoms with E-state index in [2.05, 4.69) is 5.32 Å². The zero-order valence-corrected chi connectivity index (χ0v) is 10.3. The number of ether oxygens (including phenoxy) is 1. The van der Waals surface area contributed by atoms with Gasteiger partial charge >= 0.3 is 0 Å². The zero-order chi connectivity index (χ0) is 12.1. The van der Waals surface area contributed by atoms with Crippen LogP contribution in [0.1, 0.15) is 37.8 Å². The fraction of sp³-hybridized carbons (Fsp3) is 0.571. The van der Waals surface area contributed by atoms with Crippen LogP contribution in [-0.2, 0) is 4.74 Å². The fourth-order valence-electron chi connectivity index (χ4n) is 2.21. The molecule has 1 unspecified atom stereocenters. The minimum absolute atomic E-state index is 0.0294. The van der Waals surface area contributed by atoms with E-state index in [1.165, 1.54) is 18.9 Å². The minimum Gasteiger partial charge on any atom is -0.377 e. The van der Waals surface area contributed by atoms with Crippen molar-refractivity contribution in [1.29, 1.82) is 0 Å². The van der Waals surface area contributed by atoms with Gasteiger partial charge in [-0.3, -0.25) is 0 Å². The van der Waals surface area contributed by atoms with Gasteiger partial charge in [-0.05, 0) is 32.3 Å². The summed E-state index contributed by atoms with van der Waals surface area (Å²) < 4.78 is 19.2. The zero-order valence-electron chi connectivity index (χ0n) is 10.3. The number of benzene rings is 1. The first kappa shape index (κ1) is 12.5. The van der Waals surface area contributed by atoms with Gasteiger partial charge in [0.15, 0.2) is 0 Å². The van der Waals surface area contributed by atoms with E-state index >= 15 is 0 Å². The van der Waals surface area contributed by atoms with Crippen LogP contribution in [0, 0.1) is 5.82 Å². The molecule has 17 heavy (non-hydrogen) atoms. The SMILES string of the molecule is C[C@@H](NCC1CCCCO1)c1ccccc1F. The van der Waals surface area contributed by atoms with E-state index in [1.807, 2.05) is 19.1 Å². The van der Waals surface area contributed by atoms with Gasteiger partial charge in [0.2, 0.25) is 0 Å². The molecule has 1 aromatic rings. The highest BCUT2D eigenvalue weighted by molar-refractivity contribution is 5.20. The number of rotatable bonds is 4. The third kappa shape index (κ3) is 3.51. The van der Waals surface area contributed by atoms with Crippen LogP contribution in [0.2, 0.25) is 0 Å². The highest BCUT2D eigenvalue weighted by Crippen LogP contribution is 2.17. The first-order chi connectivity index (χ1) is 8.27. The van der Waals surface area contributed by atoms with E-state index < -0.39 is 0 Å². The van der Waals surface area contributed by atoms with Crippen LogP contribution < -0.4 is 5.32 Å². The van der Waals surface area contributed by atoms with Gasteiger partial charge in [-0.15, -0.1) is 0 Å². The van der Waals surface area contributed by atoms with Crippen LogP contribution >= 0.6 is 0 Å². The molecule has 0 bridgehead atoms. The first-order valence-corrected chi connectivity index (χ1v) is 6.37. The number of nitrogens with one attached hydrogen (secondary N) is 1. The average Bonchev–Trinajstić information content (AvgIpc) is 2.38. The number of halogens is 1. The Morgan fingerprint density at radius 3 is 2.94 bits per heavy atom. The second-order valence-electron chi connectivity index (χ2n) is 4.64. The van der Waals surface area contributed by atoms with Gasteiger partial charge in [-0.25, -0.2) is 4.39 Å². The second kappa shape index (κ2) is 6.12. The summed E-state index contributed by atoms with van der Waals surface area (Å²) in [5.74, 6) is -0.142. The van der Waals surface area contributed by atoms with Gasteiger partial charge in [0.05, 0.1) is 6.10 Å². The summed E-state index contributed by atoms with van der Waals surface area (Å²) in [4.78, 5) is 0. The summed E-state index contributed by atoms with van der Waals surface area (Å²) in [6.45, 7) is 3.65. The van der Waals surface area contributed by atoms with Gasteiger partial charge in [-0.2, -0.15) is 0 Å².